The summed E-state index contributed by atoms with van der Waals surface area (Å²) < 4.78 is 8.50. The molecule has 1 saturated heterocycles. The first-order valence-corrected chi connectivity index (χ1v) is 10.2. The predicted molar refractivity (Wildman–Crippen MR) is 118 cm³/mol. The second-order valence-electron chi connectivity index (χ2n) is 7.62. The lowest BCUT2D eigenvalue weighted by atomic mass is 9.97. The minimum absolute atomic E-state index is 0.0706. The molecule has 1 aliphatic heterocycles. The lowest BCUT2D eigenvalue weighted by Crippen LogP contribution is -2.25. The second-order valence-corrected chi connectivity index (χ2v) is 7.62. The van der Waals surface area contributed by atoms with Gasteiger partial charge in [0, 0.05) is 24.5 Å². The molecule has 0 saturated carbocycles. The molecular weight excluding hydrogens is 372 g/mol. The molecule has 148 valence electrons. The Kier molecular flexibility index (Phi) is 4.61. The van der Waals surface area contributed by atoms with Crippen LogP contribution in [0.3, 0.4) is 0 Å². The van der Waals surface area contributed by atoms with Gasteiger partial charge in [-0.3, -0.25) is 0 Å². The topological polar surface area (TPSA) is 54.1 Å². The Morgan fingerprint density at radius 3 is 2.67 bits per heavy atom. The molecule has 1 aliphatic rings. The first-order valence-electron chi connectivity index (χ1n) is 10.2. The van der Waals surface area contributed by atoms with Gasteiger partial charge in [-0.05, 0) is 36.4 Å². The molecule has 2 heterocycles. The number of nitrogens with zero attached hydrogens (tertiary/aromatic N) is 4. The molecule has 30 heavy (non-hydrogen) atoms. The molecule has 3 aromatic carbocycles. The zero-order valence-electron chi connectivity index (χ0n) is 16.8. The highest BCUT2D eigenvalue weighted by Crippen LogP contribution is 2.43. The fourth-order valence-corrected chi connectivity index (χ4v) is 4.45. The Morgan fingerprint density at radius 2 is 1.83 bits per heavy atom. The molecule has 0 aliphatic carbocycles. The van der Waals surface area contributed by atoms with E-state index in [9.17, 15) is 5.26 Å². The summed E-state index contributed by atoms with van der Waals surface area (Å²) in [7, 11) is 2.00. The summed E-state index contributed by atoms with van der Waals surface area (Å²) in [6.45, 7) is 0.928. The van der Waals surface area contributed by atoms with Crippen molar-refractivity contribution in [1.82, 2.24) is 9.55 Å². The third kappa shape index (κ3) is 3.07. The van der Waals surface area contributed by atoms with Crippen LogP contribution in [0, 0.1) is 11.3 Å². The van der Waals surface area contributed by atoms with E-state index in [0.717, 1.165) is 53.0 Å². The standard InChI is InChI=1S/C25H22N4O/c1-28-17-27-16-24(28)29-14-6-11-21(29)25-19(15-26)9-5-13-23(25)30-22-12-4-8-18-7-2-3-10-20(18)22/h2-5,7-10,12-13,16-17,21H,6,11,14H2,1H3/t21-/m1/s1. The van der Waals surface area contributed by atoms with Crippen molar-refractivity contribution >= 4 is 16.6 Å². The molecule has 5 nitrogen and oxygen atoms in total. The SMILES string of the molecule is Cn1cncc1N1CCC[C@@H]1c1c(C#N)cccc1Oc1cccc2ccccc12. The number of imidazole rings is 1. The summed E-state index contributed by atoms with van der Waals surface area (Å²) in [6, 6.07) is 22.5. The second kappa shape index (κ2) is 7.57. The van der Waals surface area contributed by atoms with Crippen LogP contribution in [-0.4, -0.2) is 16.1 Å². The van der Waals surface area contributed by atoms with Crippen molar-refractivity contribution in [3.63, 3.8) is 0 Å². The van der Waals surface area contributed by atoms with Crippen LogP contribution in [-0.2, 0) is 7.05 Å². The van der Waals surface area contributed by atoms with Gasteiger partial charge in [0.15, 0.2) is 0 Å². The van der Waals surface area contributed by atoms with Gasteiger partial charge in [0.25, 0.3) is 0 Å². The average Bonchev–Trinajstić information content (AvgIpc) is 3.42. The van der Waals surface area contributed by atoms with Gasteiger partial charge in [0.05, 0.1) is 30.2 Å². The Labute approximate surface area is 175 Å². The number of hydrogen-bond donors (Lipinski definition) is 0. The van der Waals surface area contributed by atoms with E-state index >= 15 is 0 Å². The smallest absolute Gasteiger partial charge is 0.135 e. The van der Waals surface area contributed by atoms with Gasteiger partial charge in [0.1, 0.15) is 17.3 Å². The van der Waals surface area contributed by atoms with Crippen LogP contribution in [0.5, 0.6) is 11.5 Å². The molecular formula is C25H22N4O. The maximum atomic E-state index is 9.87. The van der Waals surface area contributed by atoms with E-state index < -0.39 is 0 Å². The maximum Gasteiger partial charge on any atom is 0.135 e. The normalized spacial score (nSPS) is 16.0. The minimum atomic E-state index is 0.0706. The number of fused-ring (bicyclic) bond motifs is 1. The number of nitriles is 1. The first-order chi connectivity index (χ1) is 14.8. The van der Waals surface area contributed by atoms with Gasteiger partial charge >= 0.3 is 0 Å². The lowest BCUT2D eigenvalue weighted by molar-refractivity contribution is 0.474. The highest BCUT2D eigenvalue weighted by atomic mass is 16.5. The molecule has 0 spiro atoms. The van der Waals surface area contributed by atoms with Gasteiger partial charge in [-0.25, -0.2) is 4.98 Å². The van der Waals surface area contributed by atoms with Crippen molar-refractivity contribution in [2.75, 3.05) is 11.4 Å². The number of ether oxygens (including phenoxy) is 1. The fourth-order valence-electron chi connectivity index (χ4n) is 4.45. The molecule has 0 unspecified atom stereocenters. The quantitative estimate of drug-likeness (QED) is 0.453. The maximum absolute atomic E-state index is 9.87. The Hall–Kier alpha value is -3.78. The third-order valence-electron chi connectivity index (χ3n) is 5.83. The first kappa shape index (κ1) is 18.3. The molecule has 4 aromatic rings. The van der Waals surface area contributed by atoms with Gasteiger partial charge in [0.2, 0.25) is 0 Å². The summed E-state index contributed by atoms with van der Waals surface area (Å²) in [4.78, 5) is 6.62. The minimum Gasteiger partial charge on any atom is -0.456 e. The molecule has 0 amide bonds. The number of aromatic nitrogens is 2. The van der Waals surface area contributed by atoms with E-state index in [2.05, 4.69) is 34.2 Å². The van der Waals surface area contributed by atoms with E-state index in [-0.39, 0.29) is 6.04 Å². The molecule has 1 aromatic heterocycles. The van der Waals surface area contributed by atoms with Crippen molar-refractivity contribution in [2.24, 2.45) is 7.05 Å². The van der Waals surface area contributed by atoms with Crippen LogP contribution in [0.25, 0.3) is 10.8 Å². The third-order valence-corrected chi connectivity index (χ3v) is 5.83. The molecule has 5 rings (SSSR count). The zero-order valence-corrected chi connectivity index (χ0v) is 16.8. The van der Waals surface area contributed by atoms with Gasteiger partial charge in [-0.2, -0.15) is 5.26 Å². The molecule has 1 atom stereocenters. The summed E-state index contributed by atoms with van der Waals surface area (Å²) in [5.74, 6) is 2.60. The largest absolute Gasteiger partial charge is 0.456 e. The van der Waals surface area contributed by atoms with Crippen molar-refractivity contribution in [3.05, 3.63) is 84.3 Å². The van der Waals surface area contributed by atoms with Crippen molar-refractivity contribution in [2.45, 2.75) is 18.9 Å². The molecule has 1 fully saturated rings. The van der Waals surface area contributed by atoms with E-state index in [1.807, 2.05) is 66.6 Å². The predicted octanol–water partition coefficient (Wildman–Crippen LogP) is 5.58. The fraction of sp³-hybridized carbons (Fsp3) is 0.200. The summed E-state index contributed by atoms with van der Waals surface area (Å²) in [5.41, 5.74) is 1.61. The van der Waals surface area contributed by atoms with Crippen LogP contribution >= 0.6 is 0 Å². The van der Waals surface area contributed by atoms with Crippen LogP contribution in [0.4, 0.5) is 5.82 Å². The number of benzene rings is 3. The summed E-state index contributed by atoms with van der Waals surface area (Å²) in [6.07, 6.45) is 5.73. The number of anilines is 1. The average molecular weight is 394 g/mol. The van der Waals surface area contributed by atoms with Crippen LogP contribution < -0.4 is 9.64 Å². The molecule has 0 N–H and O–H groups in total. The van der Waals surface area contributed by atoms with Crippen molar-refractivity contribution < 1.29 is 4.74 Å². The lowest BCUT2D eigenvalue weighted by Gasteiger charge is -2.29. The van der Waals surface area contributed by atoms with E-state index in [1.165, 1.54) is 0 Å². The zero-order chi connectivity index (χ0) is 20.5. The summed E-state index contributed by atoms with van der Waals surface area (Å²) in [5, 5.41) is 12.1. The van der Waals surface area contributed by atoms with E-state index in [1.54, 1.807) is 0 Å². The van der Waals surface area contributed by atoms with Gasteiger partial charge < -0.3 is 14.2 Å². The number of rotatable bonds is 4. The van der Waals surface area contributed by atoms with Crippen molar-refractivity contribution in [1.29, 1.82) is 5.26 Å². The molecule has 0 radical (unpaired) electrons. The Balaban J connectivity index is 1.61. The van der Waals surface area contributed by atoms with Gasteiger partial charge in [-0.15, -0.1) is 0 Å². The van der Waals surface area contributed by atoms with Crippen molar-refractivity contribution in [3.8, 4) is 17.6 Å². The summed E-state index contributed by atoms with van der Waals surface area (Å²) >= 11 is 0. The molecule has 0 bridgehead atoms. The van der Waals surface area contributed by atoms with E-state index in [0.29, 0.717) is 5.56 Å². The highest BCUT2D eigenvalue weighted by Gasteiger charge is 2.32. The Morgan fingerprint density at radius 1 is 1.03 bits per heavy atom. The number of aryl methyl sites for hydroxylation is 1. The Bertz CT molecular complexity index is 1250. The molecule has 5 heteroatoms. The van der Waals surface area contributed by atoms with Crippen LogP contribution in [0.1, 0.15) is 30.0 Å². The van der Waals surface area contributed by atoms with Crippen LogP contribution in [0.15, 0.2) is 73.2 Å². The van der Waals surface area contributed by atoms with Gasteiger partial charge in [-0.1, -0.05) is 42.5 Å². The highest BCUT2D eigenvalue weighted by molar-refractivity contribution is 5.88. The van der Waals surface area contributed by atoms with E-state index in [4.69, 9.17) is 4.74 Å². The van der Waals surface area contributed by atoms with Crippen LogP contribution in [0.2, 0.25) is 0 Å². The monoisotopic (exact) mass is 394 g/mol. The number of hydrogen-bond acceptors (Lipinski definition) is 4.